The van der Waals surface area contributed by atoms with Gasteiger partial charge in [0.05, 0.1) is 5.75 Å². The van der Waals surface area contributed by atoms with Crippen molar-refractivity contribution in [2.45, 2.75) is 12.7 Å². The minimum atomic E-state index is -3.50. The molecule has 20 heavy (non-hydrogen) atoms. The SMILES string of the molecule is Cc1nnc(NC(=O)CS(=O)(=O)Cc2ccccc2)s1. The molecule has 0 aliphatic rings. The molecule has 0 saturated carbocycles. The molecule has 1 aromatic heterocycles. The van der Waals surface area contributed by atoms with Crippen LogP contribution in [0, 0.1) is 6.92 Å². The molecule has 1 heterocycles. The van der Waals surface area contributed by atoms with Gasteiger partial charge in [0.25, 0.3) is 0 Å². The molecule has 1 N–H and O–H groups in total. The predicted octanol–water partition coefficient (Wildman–Crippen LogP) is 1.40. The number of rotatable bonds is 5. The van der Waals surface area contributed by atoms with E-state index in [4.69, 9.17) is 0 Å². The van der Waals surface area contributed by atoms with Crippen molar-refractivity contribution in [3.63, 3.8) is 0 Å². The maximum Gasteiger partial charge on any atom is 0.241 e. The highest BCUT2D eigenvalue weighted by Gasteiger charge is 2.18. The summed E-state index contributed by atoms with van der Waals surface area (Å²) in [6.45, 7) is 1.75. The van der Waals surface area contributed by atoms with E-state index < -0.39 is 21.5 Å². The highest BCUT2D eigenvalue weighted by atomic mass is 32.2. The van der Waals surface area contributed by atoms with Crippen molar-refractivity contribution in [1.82, 2.24) is 10.2 Å². The van der Waals surface area contributed by atoms with Crippen LogP contribution < -0.4 is 5.32 Å². The van der Waals surface area contributed by atoms with Crippen molar-refractivity contribution in [3.05, 3.63) is 40.9 Å². The van der Waals surface area contributed by atoms with Crippen LogP contribution in [-0.4, -0.2) is 30.3 Å². The summed E-state index contributed by atoms with van der Waals surface area (Å²) in [7, 11) is -3.50. The molecule has 8 heteroatoms. The first-order valence-corrected chi connectivity index (χ1v) is 8.43. The number of aryl methyl sites for hydroxylation is 1. The van der Waals surface area contributed by atoms with Crippen molar-refractivity contribution in [2.75, 3.05) is 11.1 Å². The molecule has 0 unspecified atom stereocenters. The molecular formula is C12H13N3O3S2. The molecular weight excluding hydrogens is 298 g/mol. The Hall–Kier alpha value is -1.80. The third kappa shape index (κ3) is 4.39. The second-order valence-corrected chi connectivity index (χ2v) is 7.44. The Morgan fingerprint density at radius 3 is 2.55 bits per heavy atom. The number of carbonyl (C=O) groups is 1. The maximum absolute atomic E-state index is 11.9. The average Bonchev–Trinajstić information content (AvgIpc) is 2.74. The van der Waals surface area contributed by atoms with Gasteiger partial charge in [-0.05, 0) is 12.5 Å². The lowest BCUT2D eigenvalue weighted by atomic mass is 10.2. The fraction of sp³-hybridized carbons (Fsp3) is 0.250. The number of hydrogen-bond donors (Lipinski definition) is 1. The van der Waals surface area contributed by atoms with Crippen LogP contribution in [0.3, 0.4) is 0 Å². The number of anilines is 1. The van der Waals surface area contributed by atoms with Gasteiger partial charge in [-0.15, -0.1) is 10.2 Å². The molecule has 0 aliphatic heterocycles. The van der Waals surface area contributed by atoms with Crippen LogP contribution in [0.25, 0.3) is 0 Å². The summed E-state index contributed by atoms with van der Waals surface area (Å²) < 4.78 is 23.8. The number of nitrogens with zero attached hydrogens (tertiary/aromatic N) is 2. The lowest BCUT2D eigenvalue weighted by Gasteiger charge is -2.04. The minimum Gasteiger partial charge on any atom is -0.300 e. The summed E-state index contributed by atoms with van der Waals surface area (Å²) in [5, 5.41) is 10.9. The topological polar surface area (TPSA) is 89.0 Å². The van der Waals surface area contributed by atoms with Gasteiger partial charge in [0.15, 0.2) is 9.84 Å². The van der Waals surface area contributed by atoms with Gasteiger partial charge in [0.2, 0.25) is 11.0 Å². The van der Waals surface area contributed by atoms with E-state index in [9.17, 15) is 13.2 Å². The summed E-state index contributed by atoms with van der Waals surface area (Å²) in [6, 6.07) is 8.75. The molecule has 6 nitrogen and oxygen atoms in total. The van der Waals surface area contributed by atoms with E-state index in [1.165, 1.54) is 11.3 Å². The Bertz CT molecular complexity index is 696. The molecule has 0 saturated heterocycles. The van der Waals surface area contributed by atoms with Crippen molar-refractivity contribution in [1.29, 1.82) is 0 Å². The van der Waals surface area contributed by atoms with E-state index >= 15 is 0 Å². The molecule has 106 valence electrons. The third-order valence-electron chi connectivity index (χ3n) is 2.35. The van der Waals surface area contributed by atoms with Crippen LogP contribution in [0.15, 0.2) is 30.3 Å². The van der Waals surface area contributed by atoms with Gasteiger partial charge in [-0.2, -0.15) is 0 Å². The lowest BCUT2D eigenvalue weighted by molar-refractivity contribution is -0.113. The molecule has 0 aliphatic carbocycles. The average molecular weight is 311 g/mol. The van der Waals surface area contributed by atoms with Gasteiger partial charge in [0.1, 0.15) is 10.8 Å². The van der Waals surface area contributed by atoms with E-state index in [1.807, 2.05) is 0 Å². The van der Waals surface area contributed by atoms with Crippen LogP contribution >= 0.6 is 11.3 Å². The molecule has 1 amide bonds. The first kappa shape index (κ1) is 14.6. The number of amides is 1. The van der Waals surface area contributed by atoms with E-state index in [0.29, 0.717) is 15.7 Å². The van der Waals surface area contributed by atoms with Gasteiger partial charge >= 0.3 is 0 Å². The molecule has 0 bridgehead atoms. The first-order valence-electron chi connectivity index (χ1n) is 5.79. The van der Waals surface area contributed by atoms with Crippen molar-refractivity contribution >= 4 is 32.2 Å². The van der Waals surface area contributed by atoms with Gasteiger partial charge in [-0.1, -0.05) is 41.7 Å². The van der Waals surface area contributed by atoms with Crippen LogP contribution in [0.4, 0.5) is 5.13 Å². The fourth-order valence-electron chi connectivity index (χ4n) is 1.58. The van der Waals surface area contributed by atoms with Crippen LogP contribution in [-0.2, 0) is 20.4 Å². The Labute approximate surface area is 120 Å². The normalized spacial score (nSPS) is 11.2. The Morgan fingerprint density at radius 2 is 1.95 bits per heavy atom. The smallest absolute Gasteiger partial charge is 0.241 e. The summed E-state index contributed by atoms with van der Waals surface area (Å²) in [5.41, 5.74) is 0.659. The zero-order valence-electron chi connectivity index (χ0n) is 10.7. The van der Waals surface area contributed by atoms with Gasteiger partial charge in [-0.3, -0.25) is 10.1 Å². The number of benzene rings is 1. The van der Waals surface area contributed by atoms with E-state index in [2.05, 4.69) is 15.5 Å². The number of nitrogens with one attached hydrogen (secondary N) is 1. The van der Waals surface area contributed by atoms with Gasteiger partial charge in [0, 0.05) is 0 Å². The zero-order chi connectivity index (χ0) is 14.6. The van der Waals surface area contributed by atoms with Crippen LogP contribution in [0.2, 0.25) is 0 Å². The molecule has 0 spiro atoms. The summed E-state index contributed by atoms with van der Waals surface area (Å²) in [4.78, 5) is 11.7. The molecule has 0 fully saturated rings. The lowest BCUT2D eigenvalue weighted by Crippen LogP contribution is -2.23. The second kappa shape index (κ2) is 6.10. The third-order valence-corrected chi connectivity index (χ3v) is 4.58. The number of sulfone groups is 1. The highest BCUT2D eigenvalue weighted by molar-refractivity contribution is 7.91. The van der Waals surface area contributed by atoms with Crippen LogP contribution in [0.1, 0.15) is 10.6 Å². The summed E-state index contributed by atoms with van der Waals surface area (Å²) in [5.74, 6) is -1.33. The molecule has 2 rings (SSSR count). The van der Waals surface area contributed by atoms with Crippen LogP contribution in [0.5, 0.6) is 0 Å². The van der Waals surface area contributed by atoms with E-state index in [0.717, 1.165) is 0 Å². The van der Waals surface area contributed by atoms with Crippen molar-refractivity contribution < 1.29 is 13.2 Å². The van der Waals surface area contributed by atoms with Gasteiger partial charge < -0.3 is 0 Å². The molecule has 1 aromatic carbocycles. The van der Waals surface area contributed by atoms with Gasteiger partial charge in [-0.25, -0.2) is 8.42 Å². The highest BCUT2D eigenvalue weighted by Crippen LogP contribution is 2.14. The minimum absolute atomic E-state index is 0.156. The van der Waals surface area contributed by atoms with Crippen molar-refractivity contribution in [2.24, 2.45) is 0 Å². The van der Waals surface area contributed by atoms with E-state index in [1.54, 1.807) is 37.3 Å². The number of carbonyl (C=O) groups excluding carboxylic acids is 1. The Morgan fingerprint density at radius 1 is 1.25 bits per heavy atom. The molecule has 0 atom stereocenters. The maximum atomic E-state index is 11.9. The Balaban J connectivity index is 1.96. The largest absolute Gasteiger partial charge is 0.300 e. The second-order valence-electron chi connectivity index (χ2n) is 4.19. The molecule has 2 aromatic rings. The standard InChI is InChI=1S/C12H13N3O3S2/c1-9-14-15-12(19-9)13-11(16)8-20(17,18)7-10-5-3-2-4-6-10/h2-6H,7-8H2,1H3,(H,13,15,16). The molecule has 0 radical (unpaired) electrons. The summed E-state index contributed by atoms with van der Waals surface area (Å²) in [6.07, 6.45) is 0. The first-order chi connectivity index (χ1) is 9.44. The number of hydrogen-bond acceptors (Lipinski definition) is 6. The van der Waals surface area contributed by atoms with Crippen molar-refractivity contribution in [3.8, 4) is 0 Å². The predicted molar refractivity (Wildman–Crippen MR) is 77.2 cm³/mol. The quantitative estimate of drug-likeness (QED) is 0.901. The summed E-state index contributed by atoms with van der Waals surface area (Å²) >= 11 is 1.20. The monoisotopic (exact) mass is 311 g/mol. The number of aromatic nitrogens is 2. The Kier molecular flexibility index (Phi) is 4.46. The zero-order valence-corrected chi connectivity index (χ0v) is 12.4. The fourth-order valence-corrected chi connectivity index (χ4v) is 3.46. The van der Waals surface area contributed by atoms with E-state index in [-0.39, 0.29) is 5.75 Å².